The molecular formula is C14H16N2O3. The second-order valence-electron chi connectivity index (χ2n) is 4.04. The van der Waals surface area contributed by atoms with E-state index in [0.717, 1.165) is 16.7 Å². The number of pyridine rings is 1. The van der Waals surface area contributed by atoms with Gasteiger partial charge < -0.3 is 4.74 Å². The summed E-state index contributed by atoms with van der Waals surface area (Å²) >= 11 is 0. The average molecular weight is 260 g/mol. The van der Waals surface area contributed by atoms with E-state index in [4.69, 9.17) is 9.57 Å². The molecule has 0 saturated carbocycles. The van der Waals surface area contributed by atoms with Crippen LogP contribution in [0.1, 0.15) is 23.0 Å². The molecule has 0 fully saturated rings. The molecule has 0 spiro atoms. The first kappa shape index (κ1) is 13.3. The van der Waals surface area contributed by atoms with Crippen molar-refractivity contribution >= 4 is 16.8 Å². The lowest BCUT2D eigenvalue weighted by molar-refractivity contribution is 0.0364. The zero-order valence-electron chi connectivity index (χ0n) is 11.2. The number of nitrogens with one attached hydrogen (secondary N) is 1. The first-order valence-corrected chi connectivity index (χ1v) is 6.03. The third kappa shape index (κ3) is 2.82. The van der Waals surface area contributed by atoms with Crippen LogP contribution in [0.2, 0.25) is 0 Å². The number of amides is 1. The minimum Gasteiger partial charge on any atom is -0.497 e. The second-order valence-corrected chi connectivity index (χ2v) is 4.04. The van der Waals surface area contributed by atoms with Crippen molar-refractivity contribution in [2.75, 3.05) is 13.7 Å². The van der Waals surface area contributed by atoms with Crippen LogP contribution >= 0.6 is 0 Å². The molecule has 2 rings (SSSR count). The number of carbonyl (C=O) groups is 1. The van der Waals surface area contributed by atoms with Gasteiger partial charge in [0.15, 0.2) is 0 Å². The molecule has 0 saturated heterocycles. The Balaban J connectivity index is 2.41. The van der Waals surface area contributed by atoms with Gasteiger partial charge in [0, 0.05) is 11.5 Å². The van der Waals surface area contributed by atoms with Gasteiger partial charge in [0.05, 0.1) is 30.5 Å². The van der Waals surface area contributed by atoms with Gasteiger partial charge in [0.25, 0.3) is 5.91 Å². The van der Waals surface area contributed by atoms with Crippen LogP contribution < -0.4 is 10.2 Å². The molecule has 1 N–H and O–H groups in total. The first-order valence-electron chi connectivity index (χ1n) is 6.03. The van der Waals surface area contributed by atoms with Crippen molar-refractivity contribution in [1.29, 1.82) is 0 Å². The van der Waals surface area contributed by atoms with Gasteiger partial charge in [-0.2, -0.15) is 0 Å². The van der Waals surface area contributed by atoms with Crippen molar-refractivity contribution in [3.05, 3.63) is 35.5 Å². The highest BCUT2D eigenvalue weighted by Crippen LogP contribution is 2.21. The number of methoxy groups -OCH3 is 1. The number of aromatic nitrogens is 1. The summed E-state index contributed by atoms with van der Waals surface area (Å²) in [4.78, 5) is 21.2. The largest absolute Gasteiger partial charge is 0.497 e. The Kier molecular flexibility index (Phi) is 3.97. The Labute approximate surface area is 111 Å². The van der Waals surface area contributed by atoms with E-state index < -0.39 is 0 Å². The lowest BCUT2D eigenvalue weighted by Crippen LogP contribution is -2.24. The summed E-state index contributed by atoms with van der Waals surface area (Å²) in [7, 11) is 1.61. The molecule has 5 nitrogen and oxygen atoms in total. The maximum absolute atomic E-state index is 11.9. The predicted octanol–water partition coefficient (Wildman–Crippen LogP) is 2.23. The summed E-state index contributed by atoms with van der Waals surface area (Å²) < 4.78 is 5.15. The number of ether oxygens (including phenoxy) is 1. The zero-order chi connectivity index (χ0) is 13.8. The lowest BCUT2D eigenvalue weighted by atomic mass is 10.1. The molecular weight excluding hydrogens is 244 g/mol. The Morgan fingerprint density at radius 2 is 2.16 bits per heavy atom. The normalized spacial score (nSPS) is 10.5. The van der Waals surface area contributed by atoms with Crippen LogP contribution in [-0.4, -0.2) is 24.6 Å². The predicted molar refractivity (Wildman–Crippen MR) is 72.1 cm³/mol. The van der Waals surface area contributed by atoms with Crippen molar-refractivity contribution in [3.63, 3.8) is 0 Å². The standard InChI is InChI=1S/C14H16N2O3/c1-4-19-16-14(17)12-7-10-5-6-11(18-3)8-13(10)15-9(12)2/h5-8H,4H2,1-3H3,(H,16,17). The minimum atomic E-state index is -0.287. The molecule has 0 aliphatic rings. The molecule has 0 unspecified atom stereocenters. The van der Waals surface area contributed by atoms with Crippen molar-refractivity contribution in [2.24, 2.45) is 0 Å². The molecule has 19 heavy (non-hydrogen) atoms. The quantitative estimate of drug-likeness (QED) is 0.856. The molecule has 100 valence electrons. The van der Waals surface area contributed by atoms with E-state index in [-0.39, 0.29) is 5.91 Å². The Hall–Kier alpha value is -2.14. The summed E-state index contributed by atoms with van der Waals surface area (Å²) in [6.07, 6.45) is 0. The summed E-state index contributed by atoms with van der Waals surface area (Å²) in [6, 6.07) is 7.35. The molecule has 1 aromatic carbocycles. The van der Waals surface area contributed by atoms with E-state index in [1.54, 1.807) is 27.0 Å². The molecule has 5 heteroatoms. The fraction of sp³-hybridized carbons (Fsp3) is 0.286. The number of benzene rings is 1. The molecule has 1 aromatic heterocycles. The van der Waals surface area contributed by atoms with Crippen LogP contribution in [0.25, 0.3) is 10.9 Å². The molecule has 0 radical (unpaired) electrons. The number of rotatable bonds is 4. The number of nitrogens with zero attached hydrogens (tertiary/aromatic N) is 1. The highest BCUT2D eigenvalue weighted by Gasteiger charge is 2.11. The maximum Gasteiger partial charge on any atom is 0.276 e. The second kappa shape index (κ2) is 5.67. The van der Waals surface area contributed by atoms with Crippen LogP contribution in [0.5, 0.6) is 5.75 Å². The highest BCUT2D eigenvalue weighted by atomic mass is 16.6. The van der Waals surface area contributed by atoms with Crippen molar-refractivity contribution in [2.45, 2.75) is 13.8 Å². The summed E-state index contributed by atoms with van der Waals surface area (Å²) in [5.41, 5.74) is 4.33. The smallest absolute Gasteiger partial charge is 0.276 e. The van der Waals surface area contributed by atoms with Crippen molar-refractivity contribution in [3.8, 4) is 5.75 Å². The lowest BCUT2D eigenvalue weighted by Gasteiger charge is -2.08. The molecule has 0 bridgehead atoms. The van der Waals surface area contributed by atoms with Gasteiger partial charge in [-0.05, 0) is 32.0 Å². The summed E-state index contributed by atoms with van der Waals surface area (Å²) in [5, 5.41) is 0.882. The molecule has 1 heterocycles. The molecule has 1 amide bonds. The third-order valence-corrected chi connectivity index (χ3v) is 2.77. The van der Waals surface area contributed by atoms with Crippen molar-refractivity contribution < 1.29 is 14.4 Å². The van der Waals surface area contributed by atoms with E-state index >= 15 is 0 Å². The van der Waals surface area contributed by atoms with E-state index in [1.807, 2.05) is 18.2 Å². The van der Waals surface area contributed by atoms with Gasteiger partial charge in [-0.25, -0.2) is 5.48 Å². The van der Waals surface area contributed by atoms with E-state index in [0.29, 0.717) is 17.9 Å². The molecule has 0 atom stereocenters. The maximum atomic E-state index is 11.9. The number of hydrogen-bond donors (Lipinski definition) is 1. The topological polar surface area (TPSA) is 60.5 Å². The van der Waals surface area contributed by atoms with Gasteiger partial charge in [-0.1, -0.05) is 0 Å². The van der Waals surface area contributed by atoms with Gasteiger partial charge in [0.2, 0.25) is 0 Å². The van der Waals surface area contributed by atoms with Crippen LogP contribution in [-0.2, 0) is 4.84 Å². The average Bonchev–Trinajstić information content (AvgIpc) is 2.43. The van der Waals surface area contributed by atoms with Crippen LogP contribution in [0.4, 0.5) is 0 Å². The van der Waals surface area contributed by atoms with Crippen molar-refractivity contribution in [1.82, 2.24) is 10.5 Å². The summed E-state index contributed by atoms with van der Waals surface area (Å²) in [6.45, 7) is 4.01. The fourth-order valence-corrected chi connectivity index (χ4v) is 1.79. The Morgan fingerprint density at radius 3 is 2.84 bits per heavy atom. The monoisotopic (exact) mass is 260 g/mol. The van der Waals surface area contributed by atoms with Crippen LogP contribution in [0, 0.1) is 6.92 Å². The van der Waals surface area contributed by atoms with Gasteiger partial charge in [0.1, 0.15) is 5.75 Å². The third-order valence-electron chi connectivity index (χ3n) is 2.77. The van der Waals surface area contributed by atoms with Crippen LogP contribution in [0.15, 0.2) is 24.3 Å². The minimum absolute atomic E-state index is 0.287. The van der Waals surface area contributed by atoms with E-state index in [2.05, 4.69) is 10.5 Å². The summed E-state index contributed by atoms with van der Waals surface area (Å²) in [5.74, 6) is 0.454. The van der Waals surface area contributed by atoms with Gasteiger partial charge >= 0.3 is 0 Å². The highest BCUT2D eigenvalue weighted by molar-refractivity contribution is 5.98. The SMILES string of the molecule is CCONC(=O)c1cc2ccc(OC)cc2nc1C. The molecule has 0 aliphatic carbocycles. The van der Waals surface area contributed by atoms with E-state index in [9.17, 15) is 4.79 Å². The molecule has 2 aromatic rings. The van der Waals surface area contributed by atoms with Gasteiger partial charge in [-0.3, -0.25) is 14.6 Å². The number of hydroxylamine groups is 1. The Bertz CT molecular complexity index is 611. The first-order chi connectivity index (χ1) is 9.15. The molecule has 0 aliphatic heterocycles. The van der Waals surface area contributed by atoms with Crippen LogP contribution in [0.3, 0.4) is 0 Å². The van der Waals surface area contributed by atoms with Gasteiger partial charge in [-0.15, -0.1) is 0 Å². The number of carbonyl (C=O) groups excluding carboxylic acids is 1. The number of fused-ring (bicyclic) bond motifs is 1. The fourth-order valence-electron chi connectivity index (χ4n) is 1.79. The zero-order valence-corrected chi connectivity index (χ0v) is 11.2. The number of aryl methyl sites for hydroxylation is 1. The van der Waals surface area contributed by atoms with E-state index in [1.165, 1.54) is 0 Å². The number of hydrogen-bond acceptors (Lipinski definition) is 4. The Morgan fingerprint density at radius 1 is 1.37 bits per heavy atom.